The van der Waals surface area contributed by atoms with Crippen molar-refractivity contribution in [2.75, 3.05) is 0 Å². The van der Waals surface area contributed by atoms with Crippen LogP contribution in [-0.2, 0) is 6.42 Å². The van der Waals surface area contributed by atoms with Gasteiger partial charge in [0.05, 0.1) is 9.43 Å². The van der Waals surface area contributed by atoms with Crippen molar-refractivity contribution in [2.24, 2.45) is 0 Å². The van der Waals surface area contributed by atoms with E-state index in [9.17, 15) is 9.90 Å². The van der Waals surface area contributed by atoms with Crippen LogP contribution in [0.3, 0.4) is 0 Å². The maximum atomic E-state index is 11.5. The summed E-state index contributed by atoms with van der Waals surface area (Å²) in [6.07, 6.45) is 1.25. The first-order valence-corrected chi connectivity index (χ1v) is 7.87. The van der Waals surface area contributed by atoms with E-state index >= 15 is 0 Å². The summed E-state index contributed by atoms with van der Waals surface area (Å²) < 4.78 is 0.724. The average molecular weight is 404 g/mol. The number of rotatable bonds is 4. The van der Waals surface area contributed by atoms with E-state index in [0.717, 1.165) is 8.96 Å². The second-order valence-corrected chi connectivity index (χ2v) is 8.29. The Labute approximate surface area is 136 Å². The minimum atomic E-state index is -1.17. The molecule has 0 fully saturated rings. The summed E-state index contributed by atoms with van der Waals surface area (Å²) in [5.74, 6) is 0. The molecule has 0 aromatic heterocycles. The summed E-state index contributed by atoms with van der Waals surface area (Å²) in [6.45, 7) is 5.57. The Kier molecular flexibility index (Phi) is 6.27. The van der Waals surface area contributed by atoms with Gasteiger partial charge in [-0.05, 0) is 70.7 Å². The van der Waals surface area contributed by atoms with Crippen LogP contribution in [0.2, 0.25) is 0 Å². The third-order valence-electron chi connectivity index (χ3n) is 2.86. The first-order chi connectivity index (χ1) is 9.21. The smallest absolute Gasteiger partial charge is 0.137 e. The Bertz CT molecular complexity index is 476. The molecule has 0 N–H and O–H groups in total. The molecule has 0 heterocycles. The number of carbonyl (C=O) groups is 1. The molecule has 0 bridgehead atoms. The second kappa shape index (κ2) is 7.27. The largest absolute Gasteiger partial charge is 0.530 e. The monoisotopic (exact) mass is 402 g/mol. The topological polar surface area (TPSA) is 43.4 Å². The minimum Gasteiger partial charge on any atom is -0.530 e. The van der Waals surface area contributed by atoms with Gasteiger partial charge in [0.15, 0.2) is 0 Å². The first-order valence-electron chi connectivity index (χ1n) is 6.29. The number of carboxylic acid groups (broad SMARTS) is 1. The molecule has 1 atom stereocenters. The molecule has 0 spiro atoms. The molecule has 0 aliphatic rings. The number of nitrogens with zero attached hydrogens (tertiary/aromatic N) is 1. The van der Waals surface area contributed by atoms with Gasteiger partial charge in [-0.1, -0.05) is 30.3 Å². The standard InChI is InChI=1S/C15H19Br2NO2/c1-15(2,3)18(14(19)20)12(10-13(16)17)9-11-7-5-4-6-8-11/h4-8,10,12H,9H2,1-3H3,(H,19,20)/p-1/t12-/m0/s1. The predicted octanol–water partition coefficient (Wildman–Crippen LogP) is 3.67. The lowest BCUT2D eigenvalue weighted by Gasteiger charge is -2.43. The number of hydrogen-bond donors (Lipinski definition) is 0. The maximum absolute atomic E-state index is 11.5. The van der Waals surface area contributed by atoms with Crippen molar-refractivity contribution in [3.8, 4) is 0 Å². The third kappa shape index (κ3) is 5.29. The lowest BCUT2D eigenvalue weighted by molar-refractivity contribution is -0.272. The quantitative estimate of drug-likeness (QED) is 0.769. The number of hydrogen-bond acceptors (Lipinski definition) is 2. The van der Waals surface area contributed by atoms with Crippen LogP contribution in [-0.4, -0.2) is 22.6 Å². The fourth-order valence-electron chi connectivity index (χ4n) is 2.13. The second-order valence-electron chi connectivity index (χ2n) is 5.52. The molecular weight excluding hydrogens is 386 g/mol. The van der Waals surface area contributed by atoms with Crippen molar-refractivity contribution >= 4 is 38.0 Å². The van der Waals surface area contributed by atoms with Crippen LogP contribution in [0.15, 0.2) is 39.8 Å². The fraction of sp³-hybridized carbons (Fsp3) is 0.400. The highest BCUT2D eigenvalue weighted by Gasteiger charge is 2.28. The summed E-state index contributed by atoms with van der Waals surface area (Å²) in [4.78, 5) is 12.9. The van der Waals surface area contributed by atoms with Gasteiger partial charge in [0.25, 0.3) is 0 Å². The SMILES string of the molecule is CC(C)(C)N(C(=O)[O-])[C@H](C=C(Br)Br)Cc1ccccc1. The van der Waals surface area contributed by atoms with Crippen LogP contribution in [0.4, 0.5) is 4.79 Å². The molecule has 1 aromatic carbocycles. The molecule has 0 aliphatic carbocycles. The third-order valence-corrected chi connectivity index (χ3v) is 3.39. The van der Waals surface area contributed by atoms with Gasteiger partial charge < -0.3 is 14.8 Å². The highest BCUT2D eigenvalue weighted by molar-refractivity contribution is 9.28. The van der Waals surface area contributed by atoms with E-state index < -0.39 is 11.6 Å². The minimum absolute atomic E-state index is 0.309. The van der Waals surface area contributed by atoms with E-state index in [1.54, 1.807) is 0 Å². The Balaban J connectivity index is 3.11. The molecule has 1 rings (SSSR count). The molecule has 0 aliphatic heterocycles. The Hall–Kier alpha value is -0.810. The van der Waals surface area contributed by atoms with Crippen molar-refractivity contribution in [3.05, 3.63) is 45.4 Å². The van der Waals surface area contributed by atoms with Crippen molar-refractivity contribution < 1.29 is 9.90 Å². The average Bonchev–Trinajstić information content (AvgIpc) is 2.26. The van der Waals surface area contributed by atoms with E-state index in [4.69, 9.17) is 0 Å². The van der Waals surface area contributed by atoms with Gasteiger partial charge in [-0.2, -0.15) is 0 Å². The van der Waals surface area contributed by atoms with E-state index in [1.165, 1.54) is 4.90 Å². The summed E-state index contributed by atoms with van der Waals surface area (Å²) >= 11 is 6.62. The first kappa shape index (κ1) is 17.2. The maximum Gasteiger partial charge on any atom is 0.137 e. The van der Waals surface area contributed by atoms with Crippen LogP contribution < -0.4 is 5.11 Å². The highest BCUT2D eigenvalue weighted by atomic mass is 79.9. The molecule has 3 nitrogen and oxygen atoms in total. The molecule has 1 aromatic rings. The summed E-state index contributed by atoms with van der Waals surface area (Å²) in [6, 6.07) is 9.49. The zero-order valence-electron chi connectivity index (χ0n) is 11.8. The fourth-order valence-corrected chi connectivity index (χ4v) is 2.74. The number of benzene rings is 1. The molecule has 1 amide bonds. The predicted molar refractivity (Wildman–Crippen MR) is 86.9 cm³/mol. The number of carbonyl (C=O) groups excluding carboxylic acids is 1. The molecular formula is C15H18Br2NO2-. The Morgan fingerprint density at radius 3 is 2.25 bits per heavy atom. The molecule has 0 radical (unpaired) electrons. The summed E-state index contributed by atoms with van der Waals surface area (Å²) in [5, 5.41) is 11.5. The Morgan fingerprint density at radius 2 is 1.85 bits per heavy atom. The molecule has 0 saturated heterocycles. The molecule has 20 heavy (non-hydrogen) atoms. The van der Waals surface area contributed by atoms with Gasteiger partial charge in [0.2, 0.25) is 0 Å². The van der Waals surface area contributed by atoms with Crippen LogP contribution in [0.1, 0.15) is 26.3 Å². The van der Waals surface area contributed by atoms with E-state index in [-0.39, 0.29) is 6.04 Å². The normalized spacial score (nSPS) is 12.7. The van der Waals surface area contributed by atoms with Crippen molar-refractivity contribution in [1.29, 1.82) is 0 Å². The number of amides is 1. The van der Waals surface area contributed by atoms with Gasteiger partial charge in [0.1, 0.15) is 6.09 Å². The van der Waals surface area contributed by atoms with Crippen LogP contribution >= 0.6 is 31.9 Å². The van der Waals surface area contributed by atoms with Gasteiger partial charge >= 0.3 is 0 Å². The van der Waals surface area contributed by atoms with Crippen molar-refractivity contribution in [3.63, 3.8) is 0 Å². The molecule has 0 unspecified atom stereocenters. The van der Waals surface area contributed by atoms with Gasteiger partial charge in [-0.15, -0.1) is 0 Å². The number of halogens is 2. The van der Waals surface area contributed by atoms with Crippen LogP contribution in [0.25, 0.3) is 0 Å². The molecule has 5 heteroatoms. The lowest BCUT2D eigenvalue weighted by atomic mass is 9.98. The summed E-state index contributed by atoms with van der Waals surface area (Å²) in [7, 11) is 0. The van der Waals surface area contributed by atoms with Crippen molar-refractivity contribution in [2.45, 2.75) is 38.8 Å². The van der Waals surface area contributed by atoms with E-state index in [0.29, 0.717) is 6.42 Å². The zero-order valence-corrected chi connectivity index (χ0v) is 14.9. The van der Waals surface area contributed by atoms with E-state index in [2.05, 4.69) is 31.9 Å². The van der Waals surface area contributed by atoms with Crippen LogP contribution in [0, 0.1) is 0 Å². The highest BCUT2D eigenvalue weighted by Crippen LogP contribution is 2.24. The van der Waals surface area contributed by atoms with Gasteiger partial charge in [0, 0.05) is 5.54 Å². The molecule has 0 saturated carbocycles. The Morgan fingerprint density at radius 1 is 1.30 bits per heavy atom. The van der Waals surface area contributed by atoms with Crippen molar-refractivity contribution in [1.82, 2.24) is 4.90 Å². The zero-order chi connectivity index (χ0) is 15.3. The van der Waals surface area contributed by atoms with Gasteiger partial charge in [-0.3, -0.25) is 0 Å². The molecule has 110 valence electrons. The summed E-state index contributed by atoms with van der Waals surface area (Å²) in [5.41, 5.74) is 0.537. The lowest BCUT2D eigenvalue weighted by Crippen LogP contribution is -2.56. The van der Waals surface area contributed by atoms with E-state index in [1.807, 2.05) is 57.2 Å². The van der Waals surface area contributed by atoms with Crippen LogP contribution in [0.5, 0.6) is 0 Å². The van der Waals surface area contributed by atoms with Gasteiger partial charge in [-0.25, -0.2) is 0 Å².